The van der Waals surface area contributed by atoms with Crippen LogP contribution in [0.15, 0.2) is 24.3 Å². The number of carboxylic acid groups (broad SMARTS) is 1. The average molecular weight is 236 g/mol. The van der Waals surface area contributed by atoms with Gasteiger partial charge in [0.25, 0.3) is 0 Å². The first-order chi connectivity index (χ1) is 8.16. The Morgan fingerprint density at radius 2 is 2.41 bits per heavy atom. The molecule has 1 fully saturated rings. The van der Waals surface area contributed by atoms with Crippen molar-refractivity contribution in [2.45, 2.75) is 18.3 Å². The molecule has 1 heterocycles. The molecule has 0 radical (unpaired) electrons. The molecule has 0 spiro atoms. The number of hydrogen-bond donors (Lipinski definition) is 1. The van der Waals surface area contributed by atoms with E-state index in [0.717, 1.165) is 17.7 Å². The molecule has 0 aromatic heterocycles. The summed E-state index contributed by atoms with van der Waals surface area (Å²) in [7, 11) is 1.61. The number of ether oxygens (including phenoxy) is 2. The summed E-state index contributed by atoms with van der Waals surface area (Å²) in [5.74, 6) is -0.0440. The predicted octanol–water partition coefficient (Wildman–Crippen LogP) is 1.83. The summed E-state index contributed by atoms with van der Waals surface area (Å²) in [5, 5.41) is 9.04. The van der Waals surface area contributed by atoms with E-state index in [-0.39, 0.29) is 6.42 Å². The Bertz CT molecular complexity index is 408. The molecule has 1 aromatic carbocycles. The molecule has 1 atom stereocenters. The fraction of sp³-hybridized carbons (Fsp3) is 0.462. The highest BCUT2D eigenvalue weighted by molar-refractivity contribution is 5.69. The van der Waals surface area contributed by atoms with Crippen LogP contribution in [0.3, 0.4) is 0 Å². The molecule has 17 heavy (non-hydrogen) atoms. The van der Waals surface area contributed by atoms with Gasteiger partial charge in [-0.05, 0) is 24.1 Å². The van der Waals surface area contributed by atoms with Gasteiger partial charge in [-0.3, -0.25) is 4.79 Å². The first kappa shape index (κ1) is 11.9. The molecule has 1 unspecified atom stereocenters. The highest BCUT2D eigenvalue weighted by Crippen LogP contribution is 2.37. The summed E-state index contributed by atoms with van der Waals surface area (Å²) in [5.41, 5.74) is 0.581. The van der Waals surface area contributed by atoms with Gasteiger partial charge in [-0.15, -0.1) is 0 Å². The largest absolute Gasteiger partial charge is 0.497 e. The van der Waals surface area contributed by atoms with E-state index in [2.05, 4.69) is 0 Å². The fourth-order valence-electron chi connectivity index (χ4n) is 2.32. The molecule has 92 valence electrons. The minimum Gasteiger partial charge on any atom is -0.497 e. The summed E-state index contributed by atoms with van der Waals surface area (Å²) < 4.78 is 10.6. The van der Waals surface area contributed by atoms with E-state index >= 15 is 0 Å². The summed E-state index contributed by atoms with van der Waals surface area (Å²) in [4.78, 5) is 11.0. The van der Waals surface area contributed by atoms with Crippen LogP contribution in [0.1, 0.15) is 18.4 Å². The second kappa shape index (κ2) is 4.75. The third-order valence-corrected chi connectivity index (χ3v) is 3.28. The zero-order valence-electron chi connectivity index (χ0n) is 9.81. The number of carbonyl (C=O) groups is 1. The minimum atomic E-state index is -0.793. The Balaban J connectivity index is 2.34. The van der Waals surface area contributed by atoms with Gasteiger partial charge in [0.2, 0.25) is 0 Å². The van der Waals surface area contributed by atoms with Crippen LogP contribution in [0.2, 0.25) is 0 Å². The van der Waals surface area contributed by atoms with Crippen LogP contribution in [0.4, 0.5) is 0 Å². The smallest absolute Gasteiger partial charge is 0.304 e. The van der Waals surface area contributed by atoms with E-state index in [0.29, 0.717) is 13.2 Å². The van der Waals surface area contributed by atoms with Gasteiger partial charge < -0.3 is 14.6 Å². The molecule has 1 aliphatic rings. The molecule has 4 heteroatoms. The summed E-state index contributed by atoms with van der Waals surface area (Å²) in [6.07, 6.45) is 0.840. The Labute approximate surface area is 100 Å². The highest BCUT2D eigenvalue weighted by Gasteiger charge is 2.39. The molecule has 4 nitrogen and oxygen atoms in total. The van der Waals surface area contributed by atoms with Crippen molar-refractivity contribution in [3.8, 4) is 5.75 Å². The topological polar surface area (TPSA) is 55.8 Å². The summed E-state index contributed by atoms with van der Waals surface area (Å²) in [6, 6.07) is 7.58. The first-order valence-electron chi connectivity index (χ1n) is 5.60. The van der Waals surface area contributed by atoms with Crippen LogP contribution < -0.4 is 4.74 Å². The van der Waals surface area contributed by atoms with Gasteiger partial charge in [-0.25, -0.2) is 0 Å². The molecule has 1 aliphatic heterocycles. The molecule has 1 saturated heterocycles. The fourth-order valence-corrected chi connectivity index (χ4v) is 2.32. The Morgan fingerprint density at radius 3 is 3.00 bits per heavy atom. The molecule has 1 aromatic rings. The molecule has 0 aliphatic carbocycles. The second-order valence-corrected chi connectivity index (χ2v) is 4.39. The van der Waals surface area contributed by atoms with Crippen molar-refractivity contribution in [3.05, 3.63) is 29.8 Å². The monoisotopic (exact) mass is 236 g/mol. The Morgan fingerprint density at radius 1 is 1.59 bits per heavy atom. The number of carboxylic acids is 1. The number of rotatable bonds is 4. The number of methoxy groups -OCH3 is 1. The van der Waals surface area contributed by atoms with Crippen molar-refractivity contribution in [1.29, 1.82) is 0 Å². The second-order valence-electron chi connectivity index (χ2n) is 4.39. The molecule has 0 saturated carbocycles. The summed E-state index contributed by atoms with van der Waals surface area (Å²) >= 11 is 0. The van der Waals surface area contributed by atoms with Gasteiger partial charge in [-0.1, -0.05) is 12.1 Å². The van der Waals surface area contributed by atoms with Crippen LogP contribution in [-0.4, -0.2) is 31.4 Å². The molecular weight excluding hydrogens is 220 g/mol. The van der Waals surface area contributed by atoms with E-state index in [4.69, 9.17) is 14.6 Å². The van der Waals surface area contributed by atoms with Crippen molar-refractivity contribution in [2.75, 3.05) is 20.3 Å². The van der Waals surface area contributed by atoms with Crippen LogP contribution in [0.25, 0.3) is 0 Å². The van der Waals surface area contributed by atoms with Gasteiger partial charge in [0.1, 0.15) is 5.75 Å². The van der Waals surface area contributed by atoms with Gasteiger partial charge in [0.15, 0.2) is 0 Å². The molecule has 2 rings (SSSR count). The third-order valence-electron chi connectivity index (χ3n) is 3.28. The Hall–Kier alpha value is -1.55. The minimum absolute atomic E-state index is 0.0974. The maximum atomic E-state index is 11.0. The van der Waals surface area contributed by atoms with Gasteiger partial charge in [0, 0.05) is 12.0 Å². The zero-order chi connectivity index (χ0) is 12.3. The lowest BCUT2D eigenvalue weighted by Crippen LogP contribution is -2.29. The number of aliphatic carboxylic acids is 1. The molecular formula is C13H16O4. The highest BCUT2D eigenvalue weighted by atomic mass is 16.5. The van der Waals surface area contributed by atoms with Crippen molar-refractivity contribution < 1.29 is 19.4 Å². The van der Waals surface area contributed by atoms with E-state index in [1.165, 1.54) is 0 Å². The van der Waals surface area contributed by atoms with Gasteiger partial charge >= 0.3 is 5.97 Å². The first-order valence-corrected chi connectivity index (χ1v) is 5.60. The van der Waals surface area contributed by atoms with Crippen molar-refractivity contribution in [1.82, 2.24) is 0 Å². The standard InChI is InChI=1S/C13H16O4/c1-16-11-4-2-3-10(7-11)13(8-12(14)15)5-6-17-9-13/h2-4,7H,5-6,8-9H2,1H3,(H,14,15). The maximum Gasteiger partial charge on any atom is 0.304 e. The third kappa shape index (κ3) is 2.42. The van der Waals surface area contributed by atoms with E-state index < -0.39 is 11.4 Å². The van der Waals surface area contributed by atoms with E-state index in [9.17, 15) is 4.79 Å². The normalized spacial score (nSPS) is 23.6. The molecule has 1 N–H and O–H groups in total. The van der Waals surface area contributed by atoms with E-state index in [1.54, 1.807) is 7.11 Å². The number of hydrogen-bond acceptors (Lipinski definition) is 3. The SMILES string of the molecule is COc1cccc(C2(CC(=O)O)CCOC2)c1. The van der Waals surface area contributed by atoms with E-state index in [1.807, 2.05) is 24.3 Å². The van der Waals surface area contributed by atoms with Crippen LogP contribution in [0, 0.1) is 0 Å². The maximum absolute atomic E-state index is 11.0. The quantitative estimate of drug-likeness (QED) is 0.866. The van der Waals surface area contributed by atoms with Crippen molar-refractivity contribution in [3.63, 3.8) is 0 Å². The van der Waals surface area contributed by atoms with Crippen molar-refractivity contribution >= 4 is 5.97 Å². The van der Waals surface area contributed by atoms with Crippen LogP contribution >= 0.6 is 0 Å². The van der Waals surface area contributed by atoms with Crippen LogP contribution in [-0.2, 0) is 14.9 Å². The molecule has 0 amide bonds. The van der Waals surface area contributed by atoms with Gasteiger partial charge in [-0.2, -0.15) is 0 Å². The summed E-state index contributed by atoms with van der Waals surface area (Å²) in [6.45, 7) is 1.08. The lowest BCUT2D eigenvalue weighted by molar-refractivity contribution is -0.138. The lowest BCUT2D eigenvalue weighted by Gasteiger charge is -2.26. The molecule has 0 bridgehead atoms. The number of benzene rings is 1. The predicted molar refractivity (Wildman–Crippen MR) is 62.4 cm³/mol. The van der Waals surface area contributed by atoms with Crippen LogP contribution in [0.5, 0.6) is 5.75 Å². The van der Waals surface area contributed by atoms with Crippen molar-refractivity contribution in [2.24, 2.45) is 0 Å². The lowest BCUT2D eigenvalue weighted by atomic mass is 9.77. The van der Waals surface area contributed by atoms with Gasteiger partial charge in [0.05, 0.1) is 20.1 Å². The Kier molecular flexibility index (Phi) is 3.33. The average Bonchev–Trinajstić information content (AvgIpc) is 2.78. The zero-order valence-corrected chi connectivity index (χ0v) is 9.81.